The van der Waals surface area contributed by atoms with Crippen LogP contribution in [0.1, 0.15) is 17.8 Å². The number of carbonyl (C=O) groups is 2. The Morgan fingerprint density at radius 2 is 1.57 bits per heavy atom. The van der Waals surface area contributed by atoms with E-state index in [0.29, 0.717) is 37.8 Å². The maximum atomic E-state index is 13.2. The molecule has 0 bridgehead atoms. The number of carbonyl (C=O) groups excluding carboxylic acids is 2. The van der Waals surface area contributed by atoms with Gasteiger partial charge >= 0.3 is 0 Å². The zero-order chi connectivity index (χ0) is 19.8. The van der Waals surface area contributed by atoms with Gasteiger partial charge in [0.25, 0.3) is 5.91 Å². The lowest BCUT2D eigenvalue weighted by molar-refractivity contribution is -0.123. The first-order chi connectivity index (χ1) is 13.4. The van der Waals surface area contributed by atoms with Crippen LogP contribution in [0.4, 0.5) is 16.0 Å². The minimum Gasteiger partial charge on any atom is -0.338 e. The molecule has 0 N–H and O–H groups in total. The van der Waals surface area contributed by atoms with Gasteiger partial charge in [0.1, 0.15) is 5.82 Å². The minimum atomic E-state index is -0.472. The highest BCUT2D eigenvalue weighted by Gasteiger charge is 2.43. The van der Waals surface area contributed by atoms with E-state index in [1.54, 1.807) is 0 Å². The summed E-state index contributed by atoms with van der Waals surface area (Å²) in [5, 5.41) is 0. The fourth-order valence-corrected chi connectivity index (χ4v) is 3.84. The number of imide groups is 1. The monoisotopic (exact) mass is 383 g/mol. The number of amides is 2. The summed E-state index contributed by atoms with van der Waals surface area (Å²) in [4.78, 5) is 39.6. The van der Waals surface area contributed by atoms with E-state index in [4.69, 9.17) is 0 Å². The zero-order valence-corrected chi connectivity index (χ0v) is 15.9. The number of hydrogen-bond donors (Lipinski definition) is 0. The predicted octanol–water partition coefficient (Wildman–Crippen LogP) is 1.69. The molecular formula is C20H22FN5O2. The standard InChI is InChI=1S/C20H22FN5O2/c1-13-11-14(2)23-20(22-13)25-9-7-24(8-10-25)17-12-18(27)26(19(17)28)16-5-3-15(21)4-6-16/h3-6,11,17H,7-10,12H2,1-2H3. The molecule has 8 heteroatoms. The van der Waals surface area contributed by atoms with Crippen LogP contribution < -0.4 is 9.80 Å². The van der Waals surface area contributed by atoms with E-state index in [1.165, 1.54) is 29.2 Å². The van der Waals surface area contributed by atoms with E-state index < -0.39 is 11.9 Å². The van der Waals surface area contributed by atoms with Crippen LogP contribution in [0.3, 0.4) is 0 Å². The lowest BCUT2D eigenvalue weighted by Gasteiger charge is -2.37. The number of aryl methyl sites for hydroxylation is 2. The third kappa shape index (κ3) is 3.47. The number of halogens is 1. The van der Waals surface area contributed by atoms with E-state index in [0.717, 1.165) is 11.4 Å². The molecule has 3 heterocycles. The molecule has 28 heavy (non-hydrogen) atoms. The van der Waals surface area contributed by atoms with Gasteiger partial charge in [-0.2, -0.15) is 0 Å². The molecule has 0 radical (unpaired) electrons. The Hall–Kier alpha value is -2.87. The molecule has 1 aromatic carbocycles. The first kappa shape index (κ1) is 18.5. The molecule has 0 saturated carbocycles. The van der Waals surface area contributed by atoms with Crippen LogP contribution in [0.5, 0.6) is 0 Å². The van der Waals surface area contributed by atoms with Crippen LogP contribution in [-0.4, -0.2) is 58.9 Å². The highest BCUT2D eigenvalue weighted by molar-refractivity contribution is 6.22. The summed E-state index contributed by atoms with van der Waals surface area (Å²) < 4.78 is 13.2. The molecule has 146 valence electrons. The Kier molecular flexibility index (Phi) is 4.80. The van der Waals surface area contributed by atoms with Gasteiger partial charge in [0.2, 0.25) is 11.9 Å². The van der Waals surface area contributed by atoms with Crippen LogP contribution in [0, 0.1) is 19.7 Å². The van der Waals surface area contributed by atoms with Gasteiger partial charge in [-0.25, -0.2) is 19.3 Å². The number of piperazine rings is 1. The summed E-state index contributed by atoms with van der Waals surface area (Å²) in [6.07, 6.45) is 0.149. The van der Waals surface area contributed by atoms with Crippen molar-refractivity contribution in [3.63, 3.8) is 0 Å². The molecule has 1 atom stereocenters. The Bertz CT molecular complexity index is 889. The highest BCUT2D eigenvalue weighted by atomic mass is 19.1. The van der Waals surface area contributed by atoms with Gasteiger partial charge in [-0.1, -0.05) is 0 Å². The predicted molar refractivity (Wildman–Crippen MR) is 103 cm³/mol. The summed E-state index contributed by atoms with van der Waals surface area (Å²) in [7, 11) is 0. The van der Waals surface area contributed by atoms with Crippen molar-refractivity contribution >= 4 is 23.5 Å². The minimum absolute atomic E-state index is 0.149. The van der Waals surface area contributed by atoms with E-state index in [9.17, 15) is 14.0 Å². The largest absolute Gasteiger partial charge is 0.338 e. The summed E-state index contributed by atoms with van der Waals surface area (Å²) in [6.45, 7) is 6.58. The Morgan fingerprint density at radius 3 is 2.18 bits per heavy atom. The van der Waals surface area contributed by atoms with Crippen LogP contribution >= 0.6 is 0 Å². The molecule has 2 aliphatic rings. The van der Waals surface area contributed by atoms with E-state index in [-0.39, 0.29) is 18.2 Å². The molecule has 2 fully saturated rings. The Labute approximate surface area is 162 Å². The summed E-state index contributed by atoms with van der Waals surface area (Å²) in [5.74, 6) is -0.183. The quantitative estimate of drug-likeness (QED) is 0.752. The number of anilines is 2. The fourth-order valence-electron chi connectivity index (χ4n) is 3.84. The molecule has 2 saturated heterocycles. The van der Waals surface area contributed by atoms with Gasteiger partial charge in [-0.3, -0.25) is 14.5 Å². The first-order valence-corrected chi connectivity index (χ1v) is 9.36. The van der Waals surface area contributed by atoms with Crippen molar-refractivity contribution in [3.8, 4) is 0 Å². The zero-order valence-electron chi connectivity index (χ0n) is 15.9. The van der Waals surface area contributed by atoms with Crippen molar-refractivity contribution in [2.24, 2.45) is 0 Å². The van der Waals surface area contributed by atoms with Gasteiger partial charge in [0.05, 0.1) is 18.2 Å². The van der Waals surface area contributed by atoms with Crippen molar-refractivity contribution < 1.29 is 14.0 Å². The second-order valence-electron chi connectivity index (χ2n) is 7.24. The molecule has 0 aliphatic carbocycles. The number of hydrogen-bond acceptors (Lipinski definition) is 6. The third-order valence-electron chi connectivity index (χ3n) is 5.22. The van der Waals surface area contributed by atoms with Gasteiger partial charge in [0, 0.05) is 37.6 Å². The lowest BCUT2D eigenvalue weighted by atomic mass is 10.2. The Balaban J connectivity index is 1.44. The maximum absolute atomic E-state index is 13.2. The van der Waals surface area contributed by atoms with Crippen molar-refractivity contribution in [2.75, 3.05) is 36.0 Å². The smallest absolute Gasteiger partial charge is 0.251 e. The third-order valence-corrected chi connectivity index (χ3v) is 5.22. The molecule has 1 aromatic heterocycles. The number of aromatic nitrogens is 2. The molecule has 1 unspecified atom stereocenters. The van der Waals surface area contributed by atoms with Crippen molar-refractivity contribution in [2.45, 2.75) is 26.3 Å². The molecular weight excluding hydrogens is 361 g/mol. The van der Waals surface area contributed by atoms with Crippen molar-refractivity contribution in [3.05, 3.63) is 47.5 Å². The van der Waals surface area contributed by atoms with Gasteiger partial charge in [-0.05, 0) is 44.2 Å². The van der Waals surface area contributed by atoms with Crippen LogP contribution in [0.2, 0.25) is 0 Å². The van der Waals surface area contributed by atoms with Crippen LogP contribution in [-0.2, 0) is 9.59 Å². The van der Waals surface area contributed by atoms with Crippen molar-refractivity contribution in [1.29, 1.82) is 0 Å². The summed E-state index contributed by atoms with van der Waals surface area (Å²) in [5.41, 5.74) is 2.27. The fraction of sp³-hybridized carbons (Fsp3) is 0.400. The maximum Gasteiger partial charge on any atom is 0.251 e. The average molecular weight is 383 g/mol. The van der Waals surface area contributed by atoms with Crippen LogP contribution in [0.15, 0.2) is 30.3 Å². The topological polar surface area (TPSA) is 69.6 Å². The number of benzene rings is 1. The molecule has 4 rings (SSSR count). The number of nitrogens with zero attached hydrogens (tertiary/aromatic N) is 5. The van der Waals surface area contributed by atoms with Gasteiger partial charge < -0.3 is 4.90 Å². The van der Waals surface area contributed by atoms with E-state index in [2.05, 4.69) is 14.9 Å². The molecule has 2 amide bonds. The first-order valence-electron chi connectivity index (χ1n) is 9.36. The SMILES string of the molecule is Cc1cc(C)nc(N2CCN(C3CC(=O)N(c4ccc(F)cc4)C3=O)CC2)n1. The second kappa shape index (κ2) is 7.27. The van der Waals surface area contributed by atoms with E-state index in [1.807, 2.05) is 24.8 Å². The van der Waals surface area contributed by atoms with Crippen molar-refractivity contribution in [1.82, 2.24) is 14.9 Å². The van der Waals surface area contributed by atoms with Gasteiger partial charge in [0.15, 0.2) is 0 Å². The van der Waals surface area contributed by atoms with E-state index >= 15 is 0 Å². The lowest BCUT2D eigenvalue weighted by Crippen LogP contribution is -2.53. The molecule has 2 aliphatic heterocycles. The Morgan fingerprint density at radius 1 is 0.964 bits per heavy atom. The highest BCUT2D eigenvalue weighted by Crippen LogP contribution is 2.27. The van der Waals surface area contributed by atoms with Crippen LogP contribution in [0.25, 0.3) is 0 Å². The second-order valence-corrected chi connectivity index (χ2v) is 7.24. The number of rotatable bonds is 3. The van der Waals surface area contributed by atoms with Gasteiger partial charge in [-0.15, -0.1) is 0 Å². The summed E-state index contributed by atoms with van der Waals surface area (Å²) >= 11 is 0. The molecule has 0 spiro atoms. The molecule has 7 nitrogen and oxygen atoms in total. The summed E-state index contributed by atoms with van der Waals surface area (Å²) in [6, 6.07) is 6.90. The average Bonchev–Trinajstić information content (AvgIpc) is 2.96. The molecule has 2 aromatic rings. The normalized spacial score (nSPS) is 20.9.